The van der Waals surface area contributed by atoms with Crippen LogP contribution in [-0.2, 0) is 21.6 Å². The Morgan fingerprint density at radius 3 is 1.27 bits per heavy atom. The normalized spacial score (nSPS) is 17.7. The molecule has 3 saturated carbocycles. The van der Waals surface area contributed by atoms with Gasteiger partial charge in [0.15, 0.2) is 0 Å². The molecule has 0 spiro atoms. The van der Waals surface area contributed by atoms with Crippen molar-refractivity contribution in [1.82, 2.24) is 9.97 Å². The van der Waals surface area contributed by atoms with Gasteiger partial charge >= 0.3 is 34.5 Å². The molecule has 8 rings (SSSR count). The molecule has 0 radical (unpaired) electrons. The number of hydrogen-bond donors (Lipinski definition) is 0. The van der Waals surface area contributed by atoms with Gasteiger partial charge in [0.1, 0.15) is 0 Å². The standard InChI is InChI=1S/C18H33P.C15H12.2C5H5N.2ClH.Ru/c1-4-10-16(11-5-1)19(17-12-6-2-7-13-17)18-14-8-3-9-15-18;1-2-6-12(7-3-1)15-11-10-13-8-4-5-9-14(13)15;2*1-2-4-6-5-3-1;;;/h16-18H,1-15H2;1-9,11H,10H2;2*1-5H;2*1H;/q;;;;;;+2/p-2. The van der Waals surface area contributed by atoms with Crippen LogP contribution in [0, 0.1) is 0 Å². The van der Waals surface area contributed by atoms with Crippen molar-refractivity contribution in [2.24, 2.45) is 0 Å². The Bertz CT molecular complexity index is 1260. The number of hydrogen-bond acceptors (Lipinski definition) is 2. The Morgan fingerprint density at radius 2 is 0.878 bits per heavy atom. The Kier molecular flexibility index (Phi) is 20.5. The van der Waals surface area contributed by atoms with Crippen LogP contribution in [0.2, 0.25) is 0 Å². The van der Waals surface area contributed by atoms with E-state index in [0.717, 1.165) is 6.42 Å². The molecule has 264 valence electrons. The Hall–Kier alpha value is -1.89. The maximum absolute atomic E-state index is 4.85. The van der Waals surface area contributed by atoms with E-state index in [-0.39, 0.29) is 15.1 Å². The Labute approximate surface area is 314 Å². The van der Waals surface area contributed by atoms with E-state index in [4.69, 9.17) is 19.4 Å². The van der Waals surface area contributed by atoms with Crippen LogP contribution in [-0.4, -0.2) is 26.9 Å². The second-order valence-corrected chi connectivity index (χ2v) is 19.0. The molecule has 0 unspecified atom stereocenters. The molecular formula is C43H55Cl2N2PRu. The number of allylic oxidation sites excluding steroid dienone is 1. The summed E-state index contributed by atoms with van der Waals surface area (Å²) in [6.45, 7) is 0. The van der Waals surface area contributed by atoms with E-state index in [0.29, 0.717) is 7.92 Å². The molecule has 49 heavy (non-hydrogen) atoms. The predicted molar refractivity (Wildman–Crippen MR) is 211 cm³/mol. The summed E-state index contributed by atoms with van der Waals surface area (Å²) < 4.78 is 0. The SMILES string of the molecule is C1=C(c2ccccc2)c2ccccc2C1.C1CCC(P(C2CCCCC2)C2CCCCC2)CC1.[Cl][Ru][Cl].c1ccncc1.c1ccncc1. The van der Waals surface area contributed by atoms with E-state index in [2.05, 4.69) is 70.6 Å². The minimum atomic E-state index is -0.346. The van der Waals surface area contributed by atoms with Crippen molar-refractivity contribution in [3.8, 4) is 0 Å². The number of fused-ring (bicyclic) bond motifs is 1. The molecule has 0 N–H and O–H groups in total. The zero-order valence-corrected chi connectivity index (χ0v) is 33.2. The van der Waals surface area contributed by atoms with Crippen LogP contribution in [0.1, 0.15) is 113 Å². The third-order valence-corrected chi connectivity index (χ3v) is 14.1. The minimum absolute atomic E-state index is 0.346. The summed E-state index contributed by atoms with van der Waals surface area (Å²) in [5.74, 6) is 0. The average molecular weight is 803 g/mol. The molecule has 0 aliphatic heterocycles. The molecule has 0 saturated heterocycles. The first-order valence-electron chi connectivity index (χ1n) is 18.5. The fourth-order valence-corrected chi connectivity index (χ4v) is 12.5. The van der Waals surface area contributed by atoms with Gasteiger partial charge in [-0.05, 0) is 108 Å². The van der Waals surface area contributed by atoms with Crippen LogP contribution in [0.4, 0.5) is 0 Å². The van der Waals surface area contributed by atoms with Crippen molar-refractivity contribution in [3.63, 3.8) is 0 Å². The van der Waals surface area contributed by atoms with Crippen molar-refractivity contribution in [1.29, 1.82) is 0 Å². The smallest absolute Gasteiger partial charge is 0.0267 e. The zero-order valence-electron chi connectivity index (χ0n) is 29.0. The number of halogens is 2. The van der Waals surface area contributed by atoms with Gasteiger partial charge in [-0.3, -0.25) is 9.97 Å². The number of rotatable bonds is 4. The topological polar surface area (TPSA) is 25.8 Å². The van der Waals surface area contributed by atoms with Gasteiger partial charge in [-0.1, -0.05) is 139 Å². The third-order valence-electron chi connectivity index (χ3n) is 10.0. The van der Waals surface area contributed by atoms with Crippen LogP contribution < -0.4 is 0 Å². The Morgan fingerprint density at radius 1 is 0.490 bits per heavy atom. The molecule has 2 aromatic heterocycles. The number of benzene rings is 2. The maximum Gasteiger partial charge on any atom is 0.0267 e. The zero-order chi connectivity index (χ0) is 34.2. The molecule has 0 atom stereocenters. The summed E-state index contributed by atoms with van der Waals surface area (Å²) in [6, 6.07) is 30.7. The van der Waals surface area contributed by atoms with Gasteiger partial charge in [-0.15, -0.1) is 0 Å². The second-order valence-electron chi connectivity index (χ2n) is 13.3. The van der Waals surface area contributed by atoms with Gasteiger partial charge in [0.2, 0.25) is 0 Å². The maximum atomic E-state index is 4.85. The molecule has 4 aliphatic rings. The van der Waals surface area contributed by atoms with Gasteiger partial charge in [-0.2, -0.15) is 0 Å². The summed E-state index contributed by atoms with van der Waals surface area (Å²) in [7, 11) is 10.1. The number of nitrogens with zero attached hydrogens (tertiary/aromatic N) is 2. The summed E-state index contributed by atoms with van der Waals surface area (Å²) in [4.78, 5) is 7.57. The molecule has 4 aliphatic carbocycles. The van der Waals surface area contributed by atoms with E-state index >= 15 is 0 Å². The van der Waals surface area contributed by atoms with Gasteiger partial charge in [0, 0.05) is 24.8 Å². The van der Waals surface area contributed by atoms with Gasteiger partial charge in [0.05, 0.1) is 0 Å². The number of aromatic nitrogens is 2. The Balaban J connectivity index is 0.000000158. The van der Waals surface area contributed by atoms with Crippen LogP contribution in [0.3, 0.4) is 0 Å². The van der Waals surface area contributed by atoms with E-state index < -0.39 is 0 Å². The molecule has 2 heterocycles. The van der Waals surface area contributed by atoms with Crippen molar-refractivity contribution in [2.75, 3.05) is 0 Å². The first kappa shape index (κ1) is 39.9. The summed E-state index contributed by atoms with van der Waals surface area (Å²) in [6.07, 6.45) is 34.0. The molecule has 4 aromatic rings. The van der Waals surface area contributed by atoms with Crippen LogP contribution in [0.25, 0.3) is 5.57 Å². The van der Waals surface area contributed by atoms with E-state index in [9.17, 15) is 0 Å². The molecule has 0 amide bonds. The van der Waals surface area contributed by atoms with Crippen LogP contribution in [0.15, 0.2) is 122 Å². The molecule has 2 nitrogen and oxygen atoms in total. The van der Waals surface area contributed by atoms with Gasteiger partial charge < -0.3 is 0 Å². The largest absolute Gasteiger partial charge is 0.265 e. The fraction of sp³-hybridized carbons (Fsp3) is 0.442. The van der Waals surface area contributed by atoms with Crippen molar-refractivity contribution >= 4 is 32.9 Å². The quantitative estimate of drug-likeness (QED) is 0.152. The molecule has 0 bridgehead atoms. The van der Waals surface area contributed by atoms with Gasteiger partial charge in [-0.25, -0.2) is 0 Å². The molecular weight excluding hydrogens is 747 g/mol. The first-order valence-corrected chi connectivity index (χ1v) is 24.5. The minimum Gasteiger partial charge on any atom is -0.265 e. The van der Waals surface area contributed by atoms with Crippen molar-refractivity contribution < 1.29 is 15.1 Å². The van der Waals surface area contributed by atoms with Crippen LogP contribution in [0.5, 0.6) is 0 Å². The van der Waals surface area contributed by atoms with Crippen molar-refractivity contribution in [3.05, 3.63) is 139 Å². The third kappa shape index (κ3) is 14.7. The fourth-order valence-electron chi connectivity index (χ4n) is 7.83. The predicted octanol–water partition coefficient (Wildman–Crippen LogP) is 13.7. The number of pyridine rings is 2. The van der Waals surface area contributed by atoms with E-state index in [1.165, 1.54) is 58.5 Å². The van der Waals surface area contributed by atoms with E-state index in [1.54, 1.807) is 102 Å². The monoisotopic (exact) mass is 802 g/mol. The van der Waals surface area contributed by atoms with Crippen molar-refractivity contribution in [2.45, 2.75) is 120 Å². The molecule has 3 fully saturated rings. The summed E-state index contributed by atoms with van der Waals surface area (Å²) in [5, 5.41) is 0. The average Bonchev–Trinajstić information content (AvgIpc) is 3.64. The summed E-state index contributed by atoms with van der Waals surface area (Å²) >= 11 is -0.346. The second kappa shape index (κ2) is 25.1. The van der Waals surface area contributed by atoms with E-state index in [1.807, 2.05) is 36.4 Å². The summed E-state index contributed by atoms with van der Waals surface area (Å²) in [5.41, 5.74) is 9.11. The van der Waals surface area contributed by atoms with Gasteiger partial charge in [0.25, 0.3) is 0 Å². The van der Waals surface area contributed by atoms with Crippen LogP contribution >= 0.6 is 27.3 Å². The molecule has 2 aromatic carbocycles. The first-order chi connectivity index (χ1) is 24.3. The molecule has 6 heteroatoms.